The van der Waals surface area contributed by atoms with Gasteiger partial charge in [0.05, 0.1) is 0 Å². The summed E-state index contributed by atoms with van der Waals surface area (Å²) in [5.74, 6) is -0.653. The van der Waals surface area contributed by atoms with E-state index in [1.165, 1.54) is 0 Å². The van der Waals surface area contributed by atoms with Gasteiger partial charge in [-0.05, 0) is 0 Å². The van der Waals surface area contributed by atoms with Gasteiger partial charge < -0.3 is 14.5 Å². The number of hydrogen-bond donors (Lipinski definition) is 2. The van der Waals surface area contributed by atoms with Gasteiger partial charge in [0, 0.05) is 6.08 Å². The number of hydrogen-bond acceptors (Lipinski definition) is 5. The number of carbonyl (C=O) groups excluding carboxylic acids is 1. The average Bonchev–Trinajstić information content (AvgIpc) is 2.01. The van der Waals surface area contributed by atoms with E-state index in [1.54, 1.807) is 0 Å². The predicted molar refractivity (Wildman–Crippen MR) is 40.2 cm³/mol. The van der Waals surface area contributed by atoms with Crippen LogP contribution in [-0.4, -0.2) is 29.0 Å². The Morgan fingerprint density at radius 3 is 2.54 bits per heavy atom. The van der Waals surface area contributed by atoms with E-state index in [-0.39, 0.29) is 13.2 Å². The van der Waals surface area contributed by atoms with Crippen molar-refractivity contribution in [2.75, 3.05) is 13.2 Å². The predicted octanol–water partition coefficient (Wildman–Crippen LogP) is -0.244. The van der Waals surface area contributed by atoms with Crippen LogP contribution in [0.15, 0.2) is 12.7 Å². The fraction of sp³-hybridized carbons (Fsp3) is 0.400. The molecule has 0 aliphatic carbocycles. The third-order valence-corrected chi connectivity index (χ3v) is 1.03. The van der Waals surface area contributed by atoms with E-state index in [2.05, 4.69) is 20.9 Å². The van der Waals surface area contributed by atoms with Gasteiger partial charge in [0.15, 0.2) is 0 Å². The van der Waals surface area contributed by atoms with Crippen LogP contribution in [-0.2, 0) is 23.7 Å². The Morgan fingerprint density at radius 1 is 1.46 bits per heavy atom. The molecule has 0 fully saturated rings. The average molecular weight is 212 g/mol. The van der Waals surface area contributed by atoms with Crippen LogP contribution in [0.1, 0.15) is 0 Å². The largest absolute Gasteiger partial charge is 0.496 e. The third kappa shape index (κ3) is 9.19. The third-order valence-electron chi connectivity index (χ3n) is 0.727. The fourth-order valence-corrected chi connectivity index (χ4v) is 0.553. The van der Waals surface area contributed by atoms with Crippen molar-refractivity contribution in [2.45, 2.75) is 0 Å². The summed E-state index contributed by atoms with van der Waals surface area (Å²) in [7, 11) is -4.62. The molecule has 0 atom stereocenters. The molecule has 0 saturated heterocycles. The van der Waals surface area contributed by atoms with Crippen LogP contribution in [0.3, 0.4) is 0 Å². The van der Waals surface area contributed by atoms with Gasteiger partial charge in [-0.1, -0.05) is 6.58 Å². The lowest BCUT2D eigenvalue weighted by molar-refractivity contribution is -0.228. The molecule has 0 spiro atoms. The molecule has 0 heterocycles. The summed E-state index contributed by atoms with van der Waals surface area (Å²) in [6.45, 7) is 2.68. The van der Waals surface area contributed by atoms with Crippen LogP contribution < -0.4 is 0 Å². The van der Waals surface area contributed by atoms with E-state index in [0.717, 1.165) is 6.08 Å². The summed E-state index contributed by atoms with van der Waals surface area (Å²) >= 11 is 0. The standard InChI is InChI=1S/C5H9O7P/c1-2-5(6)10-3-4-11-12-13(7,8)9/h2H,1,3-4H2,(H2,7,8,9). The van der Waals surface area contributed by atoms with Crippen molar-refractivity contribution < 1.29 is 33.4 Å². The molecule has 2 N–H and O–H groups in total. The minimum absolute atomic E-state index is 0.176. The highest BCUT2D eigenvalue weighted by atomic mass is 31.2. The molecule has 0 aromatic rings. The van der Waals surface area contributed by atoms with Crippen molar-refractivity contribution in [3.63, 3.8) is 0 Å². The number of esters is 1. The van der Waals surface area contributed by atoms with Gasteiger partial charge in [-0.25, -0.2) is 14.2 Å². The maximum Gasteiger partial charge on any atom is 0.496 e. The Morgan fingerprint density at radius 2 is 2.08 bits per heavy atom. The molecule has 0 saturated carbocycles. The van der Waals surface area contributed by atoms with Gasteiger partial charge in [-0.2, -0.15) is 0 Å². The second-order valence-corrected chi connectivity index (χ2v) is 2.89. The van der Waals surface area contributed by atoms with Crippen LogP contribution in [0.4, 0.5) is 0 Å². The van der Waals surface area contributed by atoms with E-state index in [4.69, 9.17) is 9.79 Å². The first-order valence-electron chi connectivity index (χ1n) is 3.11. The molecule has 0 rings (SSSR count). The van der Waals surface area contributed by atoms with Crippen molar-refractivity contribution >= 4 is 13.8 Å². The first-order chi connectivity index (χ1) is 5.95. The molecule has 76 valence electrons. The monoisotopic (exact) mass is 212 g/mol. The summed E-state index contributed by atoms with van der Waals surface area (Å²) in [6, 6.07) is 0. The zero-order valence-corrected chi connectivity index (χ0v) is 7.48. The van der Waals surface area contributed by atoms with Gasteiger partial charge in [0.1, 0.15) is 13.2 Å². The Bertz CT molecular complexity index is 219. The van der Waals surface area contributed by atoms with Gasteiger partial charge in [0.2, 0.25) is 0 Å². The van der Waals surface area contributed by atoms with E-state index < -0.39 is 13.8 Å². The molecule has 13 heavy (non-hydrogen) atoms. The summed E-state index contributed by atoms with van der Waals surface area (Å²) in [5, 5.41) is 0. The maximum atomic E-state index is 10.4. The topological polar surface area (TPSA) is 102 Å². The molecular formula is C5H9O7P. The van der Waals surface area contributed by atoms with Crippen LogP contribution >= 0.6 is 7.82 Å². The lowest BCUT2D eigenvalue weighted by Gasteiger charge is -2.04. The molecule has 0 aromatic heterocycles. The zero-order valence-electron chi connectivity index (χ0n) is 6.58. The number of ether oxygens (including phenoxy) is 1. The van der Waals surface area contributed by atoms with E-state index >= 15 is 0 Å². The van der Waals surface area contributed by atoms with Gasteiger partial charge in [-0.3, -0.25) is 0 Å². The minimum atomic E-state index is -4.62. The number of phosphoric acid groups is 1. The highest BCUT2D eigenvalue weighted by Crippen LogP contribution is 2.35. The molecule has 0 radical (unpaired) electrons. The summed E-state index contributed by atoms with van der Waals surface area (Å²) in [6.07, 6.45) is 0.948. The molecule has 0 aliphatic heterocycles. The first-order valence-corrected chi connectivity index (χ1v) is 4.64. The van der Waals surface area contributed by atoms with Crippen LogP contribution in [0.2, 0.25) is 0 Å². The lowest BCUT2D eigenvalue weighted by Crippen LogP contribution is -2.08. The highest BCUT2D eigenvalue weighted by Gasteiger charge is 2.14. The Kier molecular flexibility index (Phi) is 5.52. The Hall–Kier alpha value is -0.720. The highest BCUT2D eigenvalue weighted by molar-refractivity contribution is 7.46. The van der Waals surface area contributed by atoms with Crippen molar-refractivity contribution in [3.05, 3.63) is 12.7 Å². The van der Waals surface area contributed by atoms with Crippen LogP contribution in [0.25, 0.3) is 0 Å². The molecule has 0 amide bonds. The van der Waals surface area contributed by atoms with Crippen LogP contribution in [0, 0.1) is 0 Å². The van der Waals surface area contributed by atoms with E-state index in [9.17, 15) is 9.36 Å². The quantitative estimate of drug-likeness (QED) is 0.156. The summed E-state index contributed by atoms with van der Waals surface area (Å²) in [5.41, 5.74) is 0. The van der Waals surface area contributed by atoms with E-state index in [0.29, 0.717) is 0 Å². The summed E-state index contributed by atoms with van der Waals surface area (Å²) < 4.78 is 18.0. The normalized spacial score (nSPS) is 10.9. The van der Waals surface area contributed by atoms with Crippen molar-refractivity contribution in [1.29, 1.82) is 0 Å². The SMILES string of the molecule is C=CC(=O)OCCOOP(=O)(O)O. The minimum Gasteiger partial charge on any atom is -0.460 e. The van der Waals surface area contributed by atoms with E-state index in [1.807, 2.05) is 0 Å². The molecule has 0 bridgehead atoms. The molecule has 0 aliphatic rings. The first kappa shape index (κ1) is 12.3. The van der Waals surface area contributed by atoms with Crippen molar-refractivity contribution in [1.82, 2.24) is 0 Å². The number of rotatable bonds is 6. The fourth-order valence-electron chi connectivity index (χ4n) is 0.341. The zero-order chi connectivity index (χ0) is 10.3. The molecule has 8 heteroatoms. The maximum absolute atomic E-state index is 10.4. The molecular weight excluding hydrogens is 203 g/mol. The smallest absolute Gasteiger partial charge is 0.460 e. The van der Waals surface area contributed by atoms with Crippen molar-refractivity contribution in [2.24, 2.45) is 0 Å². The van der Waals surface area contributed by atoms with Crippen LogP contribution in [0.5, 0.6) is 0 Å². The molecule has 0 unspecified atom stereocenters. The van der Waals surface area contributed by atoms with Crippen molar-refractivity contribution in [3.8, 4) is 0 Å². The summed E-state index contributed by atoms with van der Waals surface area (Å²) in [4.78, 5) is 30.6. The van der Waals surface area contributed by atoms with Gasteiger partial charge >= 0.3 is 13.8 Å². The van der Waals surface area contributed by atoms with Gasteiger partial charge in [0.25, 0.3) is 0 Å². The molecule has 0 aromatic carbocycles. The second kappa shape index (κ2) is 5.85. The van der Waals surface area contributed by atoms with Gasteiger partial charge in [-0.15, -0.1) is 4.67 Å². The lowest BCUT2D eigenvalue weighted by atomic mass is 10.6. The Labute approximate surface area is 74.1 Å². The Balaban J connectivity index is 3.32. The number of carbonyl (C=O) groups is 1. The second-order valence-electron chi connectivity index (χ2n) is 1.76. The molecule has 7 nitrogen and oxygen atoms in total.